The second-order valence-corrected chi connectivity index (χ2v) is 10.6. The van der Waals surface area contributed by atoms with Gasteiger partial charge in [-0.2, -0.15) is 13.2 Å². The third-order valence-corrected chi connectivity index (χ3v) is 7.44. The number of piperidine rings is 1. The zero-order chi connectivity index (χ0) is 32.2. The summed E-state index contributed by atoms with van der Waals surface area (Å²) in [4.78, 5) is 35.8. The van der Waals surface area contributed by atoms with Gasteiger partial charge < -0.3 is 30.0 Å². The Bertz CT molecular complexity index is 1710. The lowest BCUT2D eigenvalue weighted by molar-refractivity contribution is -0.192. The van der Waals surface area contributed by atoms with Crippen LogP contribution < -0.4 is 15.6 Å². The van der Waals surface area contributed by atoms with Crippen LogP contribution in [0.2, 0.25) is 0 Å². The predicted molar refractivity (Wildman–Crippen MR) is 158 cm³/mol. The molecule has 0 bridgehead atoms. The minimum Gasteiger partial charge on any atom is -0.478 e. The molecule has 1 unspecified atom stereocenters. The Hall–Kier alpha value is -4.84. The van der Waals surface area contributed by atoms with Crippen LogP contribution in [0.25, 0.3) is 11.0 Å². The summed E-state index contributed by atoms with van der Waals surface area (Å²) in [5, 5.41) is 31.7. The van der Waals surface area contributed by atoms with Gasteiger partial charge in [-0.05, 0) is 56.0 Å². The highest BCUT2D eigenvalue weighted by Crippen LogP contribution is 2.36. The summed E-state index contributed by atoms with van der Waals surface area (Å²) in [6, 6.07) is 21.4. The van der Waals surface area contributed by atoms with Gasteiger partial charge in [0, 0.05) is 30.4 Å². The standard InChI is InChI=1S/C30H30N2O5.C2HF3O2/c1-19-16-23(20(2)31-25-11-7-6-10-22(25)29(34)35)28-24(17-19)26(33)18-27(37-28)32-14-12-30(36,13-15-32)21-8-4-3-5-9-21;3-2(4,5)1(6)7/h3-11,16-18,20,31,36H,12-15H2,1-2H3,(H,34,35);(H,6,7). The molecule has 3 aromatic carbocycles. The highest BCUT2D eigenvalue weighted by molar-refractivity contribution is 5.94. The lowest BCUT2D eigenvalue weighted by Gasteiger charge is -2.38. The Morgan fingerprint density at radius 3 is 2.16 bits per heavy atom. The fourth-order valence-corrected chi connectivity index (χ4v) is 5.14. The quantitative estimate of drug-likeness (QED) is 0.204. The number of anilines is 2. The fraction of sp³-hybridized carbons (Fsp3) is 0.281. The lowest BCUT2D eigenvalue weighted by atomic mass is 9.84. The number of halogens is 3. The molecule has 0 spiro atoms. The molecule has 1 atom stereocenters. The fourth-order valence-electron chi connectivity index (χ4n) is 5.14. The molecular formula is C32H31F3N2O7. The monoisotopic (exact) mass is 612 g/mol. The van der Waals surface area contributed by atoms with Gasteiger partial charge in [-0.1, -0.05) is 48.5 Å². The van der Waals surface area contributed by atoms with Crippen molar-refractivity contribution < 1.29 is 42.5 Å². The molecule has 1 aliphatic heterocycles. The maximum Gasteiger partial charge on any atom is 0.490 e. The number of hydrogen-bond acceptors (Lipinski definition) is 7. The van der Waals surface area contributed by atoms with Crippen LogP contribution in [0, 0.1) is 6.92 Å². The molecule has 9 nitrogen and oxygen atoms in total. The number of fused-ring (bicyclic) bond motifs is 1. The number of alkyl halides is 3. The number of hydrogen-bond donors (Lipinski definition) is 4. The van der Waals surface area contributed by atoms with E-state index in [1.54, 1.807) is 24.3 Å². The summed E-state index contributed by atoms with van der Waals surface area (Å²) < 4.78 is 38.1. The van der Waals surface area contributed by atoms with Gasteiger partial charge in [0.1, 0.15) is 5.58 Å². The first-order chi connectivity index (χ1) is 20.7. The molecule has 2 heterocycles. The Balaban J connectivity index is 0.000000566. The van der Waals surface area contributed by atoms with Crippen molar-refractivity contribution in [3.05, 3.63) is 105 Å². The average molecular weight is 613 g/mol. The summed E-state index contributed by atoms with van der Waals surface area (Å²) in [5.41, 5.74) is 2.68. The van der Waals surface area contributed by atoms with Crippen molar-refractivity contribution in [3.8, 4) is 0 Å². The van der Waals surface area contributed by atoms with Crippen molar-refractivity contribution in [1.82, 2.24) is 0 Å². The summed E-state index contributed by atoms with van der Waals surface area (Å²) >= 11 is 0. The van der Waals surface area contributed by atoms with E-state index in [2.05, 4.69) is 5.32 Å². The van der Waals surface area contributed by atoms with Crippen LogP contribution in [-0.2, 0) is 10.4 Å². The molecule has 4 aromatic rings. The largest absolute Gasteiger partial charge is 0.490 e. The number of carbonyl (C=O) groups is 2. The van der Waals surface area contributed by atoms with Crippen molar-refractivity contribution in [3.63, 3.8) is 0 Å². The molecular weight excluding hydrogens is 581 g/mol. The number of rotatable bonds is 6. The second-order valence-electron chi connectivity index (χ2n) is 10.6. The van der Waals surface area contributed by atoms with E-state index < -0.39 is 23.7 Å². The highest BCUT2D eigenvalue weighted by atomic mass is 19.4. The average Bonchev–Trinajstić information content (AvgIpc) is 2.98. The van der Waals surface area contributed by atoms with Crippen LogP contribution in [-0.4, -0.2) is 46.5 Å². The van der Waals surface area contributed by atoms with E-state index in [0.717, 1.165) is 16.7 Å². The minimum atomic E-state index is -5.08. The Morgan fingerprint density at radius 1 is 0.977 bits per heavy atom. The molecule has 232 valence electrons. The Labute approximate surface area is 250 Å². The van der Waals surface area contributed by atoms with Crippen molar-refractivity contribution in [2.45, 2.75) is 44.5 Å². The summed E-state index contributed by atoms with van der Waals surface area (Å²) in [5.74, 6) is -3.30. The maximum atomic E-state index is 13.2. The molecule has 4 N–H and O–H groups in total. The number of aliphatic carboxylic acids is 1. The van der Waals surface area contributed by atoms with Gasteiger partial charge in [-0.25, -0.2) is 9.59 Å². The van der Waals surface area contributed by atoms with E-state index in [4.69, 9.17) is 14.3 Å². The molecule has 1 saturated heterocycles. The SMILES string of the molecule is Cc1cc(C(C)Nc2ccccc2C(=O)O)c2oc(N3CCC(O)(c4ccccc4)CC3)cc(=O)c2c1.O=C(O)C(F)(F)F. The van der Waals surface area contributed by atoms with Crippen LogP contribution in [0.3, 0.4) is 0 Å². The van der Waals surface area contributed by atoms with Gasteiger partial charge in [0.15, 0.2) is 11.3 Å². The molecule has 1 fully saturated rings. The zero-order valence-electron chi connectivity index (χ0n) is 23.9. The topological polar surface area (TPSA) is 140 Å². The maximum absolute atomic E-state index is 13.2. The molecule has 0 radical (unpaired) electrons. The van der Waals surface area contributed by atoms with Crippen LogP contribution in [0.4, 0.5) is 24.7 Å². The number of nitrogens with one attached hydrogen (secondary N) is 1. The third kappa shape index (κ3) is 7.20. The molecule has 44 heavy (non-hydrogen) atoms. The van der Waals surface area contributed by atoms with E-state index in [1.165, 1.54) is 6.07 Å². The smallest absolute Gasteiger partial charge is 0.478 e. The first kappa shape index (κ1) is 32.1. The number of aromatic carboxylic acids is 1. The number of carboxylic acid groups (broad SMARTS) is 2. The first-order valence-corrected chi connectivity index (χ1v) is 13.7. The molecule has 0 aliphatic carbocycles. The van der Waals surface area contributed by atoms with Crippen LogP contribution in [0.1, 0.15) is 52.9 Å². The van der Waals surface area contributed by atoms with Gasteiger partial charge >= 0.3 is 18.1 Å². The number of aryl methyl sites for hydroxylation is 1. The van der Waals surface area contributed by atoms with Gasteiger partial charge in [0.05, 0.1) is 22.6 Å². The number of nitrogens with zero attached hydrogens (tertiary/aromatic N) is 1. The van der Waals surface area contributed by atoms with E-state index in [0.29, 0.717) is 48.5 Å². The molecule has 0 saturated carbocycles. The van der Waals surface area contributed by atoms with E-state index in [9.17, 15) is 33.0 Å². The van der Waals surface area contributed by atoms with Gasteiger partial charge in [0.25, 0.3) is 0 Å². The molecule has 1 aliphatic rings. The molecule has 1 aromatic heterocycles. The van der Waals surface area contributed by atoms with Crippen molar-refractivity contribution in [1.29, 1.82) is 0 Å². The highest BCUT2D eigenvalue weighted by Gasteiger charge is 2.38. The number of para-hydroxylation sites is 1. The van der Waals surface area contributed by atoms with Crippen LogP contribution in [0.15, 0.2) is 82.0 Å². The Kier molecular flexibility index (Phi) is 9.33. The van der Waals surface area contributed by atoms with E-state index in [1.807, 2.05) is 61.2 Å². The summed E-state index contributed by atoms with van der Waals surface area (Å²) in [6.45, 7) is 4.92. The normalized spacial score (nSPS) is 15.2. The number of carboxylic acids is 2. The predicted octanol–water partition coefficient (Wildman–Crippen LogP) is 6.09. The van der Waals surface area contributed by atoms with Crippen LogP contribution >= 0.6 is 0 Å². The third-order valence-electron chi connectivity index (χ3n) is 7.44. The summed E-state index contributed by atoms with van der Waals surface area (Å²) in [7, 11) is 0. The van der Waals surface area contributed by atoms with E-state index >= 15 is 0 Å². The number of benzene rings is 3. The first-order valence-electron chi connectivity index (χ1n) is 13.7. The van der Waals surface area contributed by atoms with Gasteiger partial charge in [-0.3, -0.25) is 4.79 Å². The number of aliphatic hydroxyl groups is 1. The Morgan fingerprint density at radius 2 is 1.57 bits per heavy atom. The van der Waals surface area contributed by atoms with Gasteiger partial charge in [0.2, 0.25) is 0 Å². The zero-order valence-corrected chi connectivity index (χ0v) is 23.9. The van der Waals surface area contributed by atoms with Gasteiger partial charge in [-0.15, -0.1) is 0 Å². The van der Waals surface area contributed by atoms with E-state index in [-0.39, 0.29) is 17.0 Å². The summed E-state index contributed by atoms with van der Waals surface area (Å²) in [6.07, 6.45) is -4.05. The molecule has 12 heteroatoms. The van der Waals surface area contributed by atoms with Crippen LogP contribution in [0.5, 0.6) is 0 Å². The second kappa shape index (κ2) is 12.8. The van der Waals surface area contributed by atoms with Crippen molar-refractivity contribution in [2.75, 3.05) is 23.3 Å². The van der Waals surface area contributed by atoms with Crippen molar-refractivity contribution in [2.24, 2.45) is 0 Å². The molecule has 0 amide bonds. The van der Waals surface area contributed by atoms with Crippen molar-refractivity contribution >= 4 is 34.5 Å². The minimum absolute atomic E-state index is 0.136. The molecule has 5 rings (SSSR count). The lowest BCUT2D eigenvalue weighted by Crippen LogP contribution is -2.42.